The Kier molecular flexibility index (Phi) is 3.66. The lowest BCUT2D eigenvalue weighted by Crippen LogP contribution is -2.12. The van der Waals surface area contributed by atoms with Crippen LogP contribution in [-0.4, -0.2) is 34.9 Å². The molecule has 1 aromatic rings. The molecule has 4 nitrogen and oxygen atoms in total. The van der Waals surface area contributed by atoms with Gasteiger partial charge < -0.3 is 9.26 Å². The number of nitrogens with zero attached hydrogens (tertiary/aromatic N) is 2. The lowest BCUT2D eigenvalue weighted by Gasteiger charge is -2.19. The Morgan fingerprint density at radius 2 is 2.12 bits per heavy atom. The third kappa shape index (κ3) is 2.83. The predicted octanol–water partition coefficient (Wildman–Crippen LogP) is 2.26. The Bertz CT molecular complexity index is 357. The van der Waals surface area contributed by atoms with Gasteiger partial charge in [-0.05, 0) is 36.7 Å². The van der Waals surface area contributed by atoms with Crippen molar-refractivity contribution in [3.8, 4) is 0 Å². The van der Waals surface area contributed by atoms with Crippen LogP contribution in [0.5, 0.6) is 0 Å². The Hall–Kier alpha value is -0.550. The molecule has 0 aromatic carbocycles. The molecular formula is C12H18N2O2S. The molecule has 2 saturated heterocycles. The number of aromatic nitrogens is 2. The van der Waals surface area contributed by atoms with Crippen molar-refractivity contribution in [2.24, 2.45) is 5.92 Å². The maximum atomic E-state index is 5.36. The zero-order chi connectivity index (χ0) is 11.5. The van der Waals surface area contributed by atoms with Gasteiger partial charge in [-0.1, -0.05) is 5.16 Å². The maximum Gasteiger partial charge on any atom is 0.226 e. The minimum absolute atomic E-state index is 0.356. The van der Waals surface area contributed by atoms with Gasteiger partial charge in [0.25, 0.3) is 0 Å². The van der Waals surface area contributed by atoms with Crippen LogP contribution in [0.2, 0.25) is 0 Å². The Balaban J connectivity index is 1.59. The van der Waals surface area contributed by atoms with Crippen LogP contribution in [0, 0.1) is 5.92 Å². The van der Waals surface area contributed by atoms with Crippen molar-refractivity contribution in [1.29, 1.82) is 0 Å². The van der Waals surface area contributed by atoms with E-state index in [4.69, 9.17) is 9.26 Å². The summed E-state index contributed by atoms with van der Waals surface area (Å²) in [4.78, 5) is 4.52. The van der Waals surface area contributed by atoms with Crippen LogP contribution in [0.25, 0.3) is 0 Å². The second kappa shape index (κ2) is 5.40. The molecule has 3 rings (SSSR count). The van der Waals surface area contributed by atoms with E-state index in [-0.39, 0.29) is 0 Å². The zero-order valence-electron chi connectivity index (χ0n) is 9.93. The van der Waals surface area contributed by atoms with Crippen LogP contribution in [0.15, 0.2) is 4.52 Å². The summed E-state index contributed by atoms with van der Waals surface area (Å²) < 4.78 is 10.7. The zero-order valence-corrected chi connectivity index (χ0v) is 10.7. The lowest BCUT2D eigenvalue weighted by molar-refractivity contribution is 0.192. The van der Waals surface area contributed by atoms with E-state index < -0.39 is 0 Å². The average molecular weight is 254 g/mol. The number of hydrogen-bond acceptors (Lipinski definition) is 5. The van der Waals surface area contributed by atoms with E-state index in [1.807, 2.05) is 0 Å². The van der Waals surface area contributed by atoms with Gasteiger partial charge in [-0.15, -0.1) is 0 Å². The van der Waals surface area contributed by atoms with Gasteiger partial charge in [-0.25, -0.2) is 0 Å². The van der Waals surface area contributed by atoms with E-state index in [1.54, 1.807) is 0 Å². The Morgan fingerprint density at radius 1 is 1.24 bits per heavy atom. The highest BCUT2D eigenvalue weighted by molar-refractivity contribution is 7.99. The number of ether oxygens (including phenoxy) is 1. The summed E-state index contributed by atoms with van der Waals surface area (Å²) in [6, 6.07) is 0. The van der Waals surface area contributed by atoms with E-state index in [0.717, 1.165) is 43.7 Å². The molecule has 2 fully saturated rings. The average Bonchev–Trinajstić information content (AvgIpc) is 3.00. The molecule has 0 amide bonds. The SMILES string of the molecule is C1CC(c2noc(CC3CCSCC3)n2)CO1. The second-order valence-corrected chi connectivity index (χ2v) is 6.09. The highest BCUT2D eigenvalue weighted by Gasteiger charge is 2.24. The first-order valence-electron chi connectivity index (χ1n) is 6.40. The smallest absolute Gasteiger partial charge is 0.226 e. The topological polar surface area (TPSA) is 48.2 Å². The van der Waals surface area contributed by atoms with Crippen molar-refractivity contribution in [3.05, 3.63) is 11.7 Å². The quantitative estimate of drug-likeness (QED) is 0.828. The molecule has 5 heteroatoms. The molecule has 3 heterocycles. The van der Waals surface area contributed by atoms with Crippen LogP contribution in [0.4, 0.5) is 0 Å². The Morgan fingerprint density at radius 3 is 2.88 bits per heavy atom. The van der Waals surface area contributed by atoms with E-state index in [2.05, 4.69) is 21.9 Å². The molecule has 1 aromatic heterocycles. The summed E-state index contributed by atoms with van der Waals surface area (Å²) >= 11 is 2.05. The normalized spacial score (nSPS) is 26.5. The van der Waals surface area contributed by atoms with Gasteiger partial charge >= 0.3 is 0 Å². The van der Waals surface area contributed by atoms with Gasteiger partial charge in [0, 0.05) is 18.9 Å². The van der Waals surface area contributed by atoms with Gasteiger partial charge in [0.05, 0.1) is 6.61 Å². The van der Waals surface area contributed by atoms with Gasteiger partial charge in [-0.2, -0.15) is 16.7 Å². The summed E-state index contributed by atoms with van der Waals surface area (Å²) in [6.45, 7) is 1.58. The molecule has 0 radical (unpaired) electrons. The van der Waals surface area contributed by atoms with E-state index in [1.165, 1.54) is 24.3 Å². The molecule has 1 unspecified atom stereocenters. The molecule has 17 heavy (non-hydrogen) atoms. The van der Waals surface area contributed by atoms with Crippen LogP contribution >= 0.6 is 11.8 Å². The molecule has 94 valence electrons. The van der Waals surface area contributed by atoms with E-state index >= 15 is 0 Å². The summed E-state index contributed by atoms with van der Waals surface area (Å²) in [5.74, 6) is 5.33. The molecule has 1 atom stereocenters. The first kappa shape index (κ1) is 11.5. The van der Waals surface area contributed by atoms with Crippen molar-refractivity contribution in [3.63, 3.8) is 0 Å². The standard InChI is InChI=1S/C12H18N2O2S/c1-4-15-8-10(1)12-13-11(16-14-12)7-9-2-5-17-6-3-9/h9-10H,1-8H2. The van der Waals surface area contributed by atoms with Gasteiger partial charge in [-0.3, -0.25) is 0 Å². The first-order valence-corrected chi connectivity index (χ1v) is 7.55. The highest BCUT2D eigenvalue weighted by atomic mass is 32.2. The summed E-state index contributed by atoms with van der Waals surface area (Å²) in [5, 5.41) is 4.09. The fourth-order valence-corrected chi connectivity index (χ4v) is 3.66. The maximum absolute atomic E-state index is 5.36. The lowest BCUT2D eigenvalue weighted by atomic mass is 9.99. The van der Waals surface area contributed by atoms with Crippen molar-refractivity contribution in [2.75, 3.05) is 24.7 Å². The fraction of sp³-hybridized carbons (Fsp3) is 0.833. The minimum Gasteiger partial charge on any atom is -0.381 e. The van der Waals surface area contributed by atoms with Crippen molar-refractivity contribution >= 4 is 11.8 Å². The van der Waals surface area contributed by atoms with Crippen LogP contribution in [0.1, 0.15) is 36.9 Å². The molecule has 2 aliphatic rings. The fourth-order valence-electron chi connectivity index (χ4n) is 2.45. The molecule has 0 aliphatic carbocycles. The number of thioether (sulfide) groups is 1. The minimum atomic E-state index is 0.356. The summed E-state index contributed by atoms with van der Waals surface area (Å²) in [7, 11) is 0. The van der Waals surface area contributed by atoms with Gasteiger partial charge in [0.15, 0.2) is 5.82 Å². The summed E-state index contributed by atoms with van der Waals surface area (Å²) in [6.07, 6.45) is 4.56. The molecule has 0 bridgehead atoms. The highest BCUT2D eigenvalue weighted by Crippen LogP contribution is 2.27. The van der Waals surface area contributed by atoms with Crippen LogP contribution in [0.3, 0.4) is 0 Å². The first-order chi connectivity index (χ1) is 8.42. The largest absolute Gasteiger partial charge is 0.381 e. The van der Waals surface area contributed by atoms with Crippen LogP contribution < -0.4 is 0 Å². The third-order valence-corrected chi connectivity index (χ3v) is 4.63. The second-order valence-electron chi connectivity index (χ2n) is 4.87. The molecule has 2 aliphatic heterocycles. The Labute approximate surface area is 105 Å². The summed E-state index contributed by atoms with van der Waals surface area (Å²) in [5.41, 5.74) is 0. The van der Waals surface area contributed by atoms with Crippen LogP contribution in [-0.2, 0) is 11.2 Å². The van der Waals surface area contributed by atoms with Crippen molar-refractivity contribution < 1.29 is 9.26 Å². The van der Waals surface area contributed by atoms with Gasteiger partial charge in [0.2, 0.25) is 5.89 Å². The van der Waals surface area contributed by atoms with Gasteiger partial charge in [0.1, 0.15) is 0 Å². The van der Waals surface area contributed by atoms with E-state index in [9.17, 15) is 0 Å². The van der Waals surface area contributed by atoms with Crippen molar-refractivity contribution in [2.45, 2.75) is 31.6 Å². The van der Waals surface area contributed by atoms with E-state index in [0.29, 0.717) is 5.92 Å². The number of rotatable bonds is 3. The number of hydrogen-bond donors (Lipinski definition) is 0. The molecular weight excluding hydrogens is 236 g/mol. The monoisotopic (exact) mass is 254 g/mol. The third-order valence-electron chi connectivity index (χ3n) is 3.58. The van der Waals surface area contributed by atoms with Crippen molar-refractivity contribution in [1.82, 2.24) is 10.1 Å². The molecule has 0 spiro atoms. The molecule has 0 saturated carbocycles. The molecule has 0 N–H and O–H groups in total. The predicted molar refractivity (Wildman–Crippen MR) is 66.2 cm³/mol.